The lowest BCUT2D eigenvalue weighted by Gasteiger charge is -2.20. The van der Waals surface area contributed by atoms with Crippen molar-refractivity contribution < 1.29 is 14.7 Å². The fraction of sp³-hybridized carbons (Fsp3) is 0.500. The second-order valence-electron chi connectivity index (χ2n) is 4.32. The third kappa shape index (κ3) is 2.73. The van der Waals surface area contributed by atoms with Crippen molar-refractivity contribution in [3.8, 4) is 0 Å². The van der Waals surface area contributed by atoms with Crippen molar-refractivity contribution in [3.05, 3.63) is 22.4 Å². The number of ketones is 1. The van der Waals surface area contributed by atoms with E-state index in [9.17, 15) is 14.7 Å². The zero-order valence-corrected chi connectivity index (χ0v) is 10.3. The van der Waals surface area contributed by atoms with Crippen LogP contribution in [-0.2, 0) is 4.79 Å². The average Bonchev–Trinajstić information content (AvgIpc) is 2.96. The SMILES string of the molecule is O=C(CNC(=O)C1(O)CCCC1)c1cccs1. The van der Waals surface area contributed by atoms with Gasteiger partial charge in [-0.1, -0.05) is 6.07 Å². The van der Waals surface area contributed by atoms with Gasteiger partial charge in [-0.2, -0.15) is 0 Å². The molecular formula is C12H15NO3S. The molecule has 2 rings (SSSR count). The number of hydrogen-bond donors (Lipinski definition) is 2. The lowest BCUT2D eigenvalue weighted by Crippen LogP contribution is -2.46. The monoisotopic (exact) mass is 253 g/mol. The Hall–Kier alpha value is -1.20. The molecule has 1 fully saturated rings. The number of nitrogens with one attached hydrogen (secondary N) is 1. The maximum absolute atomic E-state index is 11.7. The van der Waals surface area contributed by atoms with E-state index in [1.807, 2.05) is 5.38 Å². The summed E-state index contributed by atoms with van der Waals surface area (Å²) in [7, 11) is 0. The van der Waals surface area contributed by atoms with Gasteiger partial charge in [-0.15, -0.1) is 11.3 Å². The molecule has 0 radical (unpaired) electrons. The summed E-state index contributed by atoms with van der Waals surface area (Å²) in [6, 6.07) is 3.52. The van der Waals surface area contributed by atoms with E-state index in [1.54, 1.807) is 12.1 Å². The van der Waals surface area contributed by atoms with Crippen LogP contribution in [0.3, 0.4) is 0 Å². The van der Waals surface area contributed by atoms with Gasteiger partial charge in [0.15, 0.2) is 5.78 Å². The maximum atomic E-state index is 11.7. The number of carbonyl (C=O) groups excluding carboxylic acids is 2. The number of thiophene rings is 1. The Morgan fingerprint density at radius 3 is 2.71 bits per heavy atom. The van der Waals surface area contributed by atoms with Crippen molar-refractivity contribution in [2.75, 3.05) is 6.54 Å². The van der Waals surface area contributed by atoms with E-state index >= 15 is 0 Å². The van der Waals surface area contributed by atoms with Gasteiger partial charge >= 0.3 is 0 Å². The molecule has 1 aromatic heterocycles. The third-order valence-corrected chi connectivity index (χ3v) is 3.97. The first-order chi connectivity index (χ1) is 8.12. The maximum Gasteiger partial charge on any atom is 0.252 e. The fourth-order valence-corrected chi connectivity index (χ4v) is 2.70. The molecule has 2 N–H and O–H groups in total. The fourth-order valence-electron chi connectivity index (χ4n) is 2.04. The van der Waals surface area contributed by atoms with Gasteiger partial charge in [-0.25, -0.2) is 0 Å². The van der Waals surface area contributed by atoms with Gasteiger partial charge in [-0.3, -0.25) is 9.59 Å². The van der Waals surface area contributed by atoms with Crippen LogP contribution in [-0.4, -0.2) is 28.9 Å². The second kappa shape index (κ2) is 4.98. The predicted molar refractivity (Wildman–Crippen MR) is 65.1 cm³/mol. The van der Waals surface area contributed by atoms with Crippen molar-refractivity contribution in [3.63, 3.8) is 0 Å². The number of Topliss-reactive ketones (excluding diaryl/α,β-unsaturated/α-hetero) is 1. The topological polar surface area (TPSA) is 66.4 Å². The molecule has 1 aliphatic rings. The van der Waals surface area contributed by atoms with Gasteiger partial charge in [0.2, 0.25) is 0 Å². The normalized spacial score (nSPS) is 17.9. The Kier molecular flexibility index (Phi) is 3.59. The minimum Gasteiger partial charge on any atom is -0.380 e. The summed E-state index contributed by atoms with van der Waals surface area (Å²) in [4.78, 5) is 24.0. The first-order valence-electron chi connectivity index (χ1n) is 5.69. The molecule has 1 amide bonds. The molecule has 0 bridgehead atoms. The van der Waals surface area contributed by atoms with Crippen LogP contribution < -0.4 is 5.32 Å². The second-order valence-corrected chi connectivity index (χ2v) is 5.27. The Labute approximate surface area is 104 Å². The van der Waals surface area contributed by atoms with Gasteiger partial charge in [0.1, 0.15) is 5.60 Å². The van der Waals surface area contributed by atoms with Gasteiger partial charge in [-0.05, 0) is 37.1 Å². The summed E-state index contributed by atoms with van der Waals surface area (Å²) in [5.74, 6) is -0.533. The van der Waals surface area contributed by atoms with E-state index in [0.29, 0.717) is 17.7 Å². The van der Waals surface area contributed by atoms with Crippen LogP contribution in [0.5, 0.6) is 0 Å². The third-order valence-electron chi connectivity index (χ3n) is 3.06. The number of aliphatic hydroxyl groups is 1. The van der Waals surface area contributed by atoms with Crippen LogP contribution in [0.4, 0.5) is 0 Å². The van der Waals surface area contributed by atoms with Crippen LogP contribution in [0.25, 0.3) is 0 Å². The highest BCUT2D eigenvalue weighted by atomic mass is 32.1. The largest absolute Gasteiger partial charge is 0.380 e. The average molecular weight is 253 g/mol. The smallest absolute Gasteiger partial charge is 0.252 e. The molecule has 0 saturated heterocycles. The zero-order chi connectivity index (χ0) is 12.3. The summed E-state index contributed by atoms with van der Waals surface area (Å²) < 4.78 is 0. The first-order valence-corrected chi connectivity index (χ1v) is 6.57. The molecule has 17 heavy (non-hydrogen) atoms. The molecule has 1 aliphatic carbocycles. The molecule has 1 aromatic rings. The van der Waals surface area contributed by atoms with E-state index in [0.717, 1.165) is 12.8 Å². The van der Waals surface area contributed by atoms with E-state index < -0.39 is 11.5 Å². The summed E-state index contributed by atoms with van der Waals surface area (Å²) in [5.41, 5.74) is -1.25. The molecule has 1 saturated carbocycles. The van der Waals surface area contributed by atoms with Crippen molar-refractivity contribution in [2.24, 2.45) is 0 Å². The van der Waals surface area contributed by atoms with Gasteiger partial charge in [0, 0.05) is 0 Å². The summed E-state index contributed by atoms with van der Waals surface area (Å²) >= 11 is 1.35. The van der Waals surface area contributed by atoms with Crippen LogP contribution in [0, 0.1) is 0 Å². The zero-order valence-electron chi connectivity index (χ0n) is 9.44. The molecular weight excluding hydrogens is 238 g/mol. The lowest BCUT2D eigenvalue weighted by molar-refractivity contribution is -0.138. The molecule has 5 heteroatoms. The summed E-state index contributed by atoms with van der Waals surface area (Å²) in [5, 5.41) is 14.3. The van der Waals surface area contributed by atoms with E-state index in [2.05, 4.69) is 5.32 Å². The number of amides is 1. The first kappa shape index (κ1) is 12.3. The highest BCUT2D eigenvalue weighted by Crippen LogP contribution is 2.29. The van der Waals surface area contributed by atoms with E-state index in [-0.39, 0.29) is 12.3 Å². The van der Waals surface area contributed by atoms with Gasteiger partial charge in [0.25, 0.3) is 5.91 Å². The minimum atomic E-state index is -1.25. The van der Waals surface area contributed by atoms with E-state index in [1.165, 1.54) is 11.3 Å². The van der Waals surface area contributed by atoms with Crippen molar-refractivity contribution >= 4 is 23.0 Å². The Bertz CT molecular complexity index is 407. The molecule has 1 heterocycles. The highest BCUT2D eigenvalue weighted by Gasteiger charge is 2.38. The molecule has 4 nitrogen and oxygen atoms in total. The summed E-state index contributed by atoms with van der Waals surface area (Å²) in [6.45, 7) is -0.0400. The highest BCUT2D eigenvalue weighted by molar-refractivity contribution is 7.12. The van der Waals surface area contributed by atoms with Crippen LogP contribution >= 0.6 is 11.3 Å². The van der Waals surface area contributed by atoms with Crippen LogP contribution in [0.2, 0.25) is 0 Å². The molecule has 0 aromatic carbocycles. The standard InChI is InChI=1S/C12H15NO3S/c14-9(10-4-3-7-17-10)8-13-11(15)12(16)5-1-2-6-12/h3-4,7,16H,1-2,5-6,8H2,(H,13,15). The molecule has 92 valence electrons. The predicted octanol–water partition coefficient (Wildman–Crippen LogP) is 1.35. The Morgan fingerprint density at radius 2 is 2.12 bits per heavy atom. The minimum absolute atomic E-state index is 0.0400. The molecule has 0 spiro atoms. The molecule has 0 unspecified atom stereocenters. The Balaban J connectivity index is 1.86. The Morgan fingerprint density at radius 1 is 1.41 bits per heavy atom. The van der Waals surface area contributed by atoms with Crippen molar-refractivity contribution in [2.45, 2.75) is 31.3 Å². The van der Waals surface area contributed by atoms with E-state index in [4.69, 9.17) is 0 Å². The van der Waals surface area contributed by atoms with Crippen LogP contribution in [0.15, 0.2) is 17.5 Å². The number of hydrogen-bond acceptors (Lipinski definition) is 4. The quantitative estimate of drug-likeness (QED) is 0.796. The molecule has 0 atom stereocenters. The lowest BCUT2D eigenvalue weighted by atomic mass is 10.0. The number of rotatable bonds is 4. The number of carbonyl (C=O) groups is 2. The van der Waals surface area contributed by atoms with Gasteiger partial charge in [0.05, 0.1) is 11.4 Å². The summed E-state index contributed by atoms with van der Waals surface area (Å²) in [6.07, 6.45) is 2.71. The van der Waals surface area contributed by atoms with Crippen molar-refractivity contribution in [1.82, 2.24) is 5.32 Å². The van der Waals surface area contributed by atoms with Gasteiger partial charge < -0.3 is 10.4 Å². The van der Waals surface area contributed by atoms with Crippen molar-refractivity contribution in [1.29, 1.82) is 0 Å². The van der Waals surface area contributed by atoms with Crippen LogP contribution in [0.1, 0.15) is 35.4 Å². The molecule has 0 aliphatic heterocycles.